The van der Waals surface area contributed by atoms with Crippen molar-refractivity contribution in [3.63, 3.8) is 0 Å². The molecule has 1 unspecified atom stereocenters. The first kappa shape index (κ1) is 32.0. The van der Waals surface area contributed by atoms with E-state index < -0.39 is 0 Å². The molecule has 0 amide bonds. The maximum absolute atomic E-state index is 6.82. The smallest absolute Gasteiger partial charge is 0.159 e. The normalized spacial score (nSPS) is 14.5. The second-order valence-electron chi connectivity index (χ2n) is 14.5. The van der Waals surface area contributed by atoms with Gasteiger partial charge < -0.3 is 14.3 Å². The number of fused-ring (bicyclic) bond motifs is 9. The fourth-order valence-corrected chi connectivity index (χ4v) is 9.95. The SMILES string of the molecule is c1ccc(C2=NC(c3ccccc3)NC(c3cccc4c3sc3cc(-c5cccc6oc7c(-n8c9ccccc9c9ccccc98)cccc7c56)ccc34)=N2)cc1. The highest BCUT2D eigenvalue weighted by atomic mass is 32.1. The second kappa shape index (κ2) is 12.6. The van der Waals surface area contributed by atoms with Crippen LogP contribution in [-0.4, -0.2) is 16.2 Å². The molecule has 268 valence electrons. The molecule has 11 aromatic rings. The third kappa shape index (κ3) is 5.01. The van der Waals surface area contributed by atoms with Gasteiger partial charge in [0.2, 0.25) is 0 Å². The van der Waals surface area contributed by atoms with Crippen molar-refractivity contribution in [2.45, 2.75) is 6.17 Å². The van der Waals surface area contributed by atoms with E-state index >= 15 is 0 Å². The van der Waals surface area contributed by atoms with Crippen LogP contribution < -0.4 is 5.32 Å². The van der Waals surface area contributed by atoms with Crippen molar-refractivity contribution in [1.29, 1.82) is 0 Å². The molecule has 0 saturated heterocycles. The van der Waals surface area contributed by atoms with Gasteiger partial charge in [0.15, 0.2) is 11.4 Å². The molecule has 0 saturated carbocycles. The van der Waals surface area contributed by atoms with Crippen molar-refractivity contribution in [1.82, 2.24) is 9.88 Å². The van der Waals surface area contributed by atoms with Crippen LogP contribution in [0.1, 0.15) is 22.9 Å². The molecule has 12 rings (SSSR count). The van der Waals surface area contributed by atoms with Crippen LogP contribution in [-0.2, 0) is 0 Å². The molecule has 1 N–H and O–H groups in total. The maximum atomic E-state index is 6.82. The molecule has 0 fully saturated rings. The lowest BCUT2D eigenvalue weighted by atomic mass is 9.98. The summed E-state index contributed by atoms with van der Waals surface area (Å²) in [6.45, 7) is 0. The Morgan fingerprint density at radius 3 is 2.02 bits per heavy atom. The van der Waals surface area contributed by atoms with Gasteiger partial charge in [-0.25, -0.2) is 9.98 Å². The Kier molecular flexibility index (Phi) is 7.09. The Morgan fingerprint density at radius 1 is 0.544 bits per heavy atom. The number of rotatable bonds is 5. The number of nitrogens with zero attached hydrogens (tertiary/aromatic N) is 3. The average molecular weight is 749 g/mol. The summed E-state index contributed by atoms with van der Waals surface area (Å²) >= 11 is 1.81. The van der Waals surface area contributed by atoms with E-state index in [2.05, 4.69) is 168 Å². The lowest BCUT2D eigenvalue weighted by Gasteiger charge is -2.24. The standard InChI is InChI=1S/C51H32N4OS/c1-3-14-31(15-4-1)49-52-50(32-16-5-2-6-17-32)54-51(53-49)40-23-11-21-38-37-29-28-33(30-45(37)57-48(38)40)34-20-13-27-44-46(34)39-22-12-26-43(47(39)56-44)55-41-24-9-7-18-35(41)36-19-8-10-25-42(36)55/h1-30,49H,(H,52,53,54). The number of aromatic nitrogens is 1. The van der Waals surface area contributed by atoms with E-state index in [1.54, 1.807) is 0 Å². The summed E-state index contributed by atoms with van der Waals surface area (Å²) < 4.78 is 11.6. The number of furan rings is 1. The fourth-order valence-electron chi connectivity index (χ4n) is 8.69. The van der Waals surface area contributed by atoms with Crippen LogP contribution in [0.5, 0.6) is 0 Å². The number of hydrogen-bond donors (Lipinski definition) is 1. The van der Waals surface area contributed by atoms with Gasteiger partial charge in [0, 0.05) is 52.8 Å². The van der Waals surface area contributed by atoms with Crippen molar-refractivity contribution in [3.8, 4) is 16.8 Å². The molecule has 1 aliphatic rings. The number of nitrogens with one attached hydrogen (secondary N) is 1. The van der Waals surface area contributed by atoms with Gasteiger partial charge >= 0.3 is 0 Å². The first-order chi connectivity index (χ1) is 28.3. The van der Waals surface area contributed by atoms with E-state index in [0.29, 0.717) is 0 Å². The fraction of sp³-hybridized carbons (Fsp3) is 0.0196. The number of amidine groups is 2. The van der Waals surface area contributed by atoms with E-state index in [-0.39, 0.29) is 6.17 Å². The van der Waals surface area contributed by atoms with Crippen LogP contribution >= 0.6 is 11.3 Å². The minimum Gasteiger partial charge on any atom is -0.454 e. The molecule has 57 heavy (non-hydrogen) atoms. The molecular formula is C51H32N4OS. The van der Waals surface area contributed by atoms with Gasteiger partial charge in [-0.15, -0.1) is 11.3 Å². The molecule has 5 nitrogen and oxygen atoms in total. The van der Waals surface area contributed by atoms with E-state index in [4.69, 9.17) is 14.4 Å². The highest BCUT2D eigenvalue weighted by molar-refractivity contribution is 7.26. The predicted molar refractivity (Wildman–Crippen MR) is 238 cm³/mol. The van der Waals surface area contributed by atoms with Crippen LogP contribution in [0.3, 0.4) is 0 Å². The Labute approximate surface area is 331 Å². The monoisotopic (exact) mass is 748 g/mol. The molecular weight excluding hydrogens is 717 g/mol. The highest BCUT2D eigenvalue weighted by Crippen LogP contribution is 2.44. The lowest BCUT2D eigenvalue weighted by molar-refractivity contribution is 0.666. The summed E-state index contributed by atoms with van der Waals surface area (Å²) in [6.07, 6.45) is -0.258. The summed E-state index contributed by atoms with van der Waals surface area (Å²) in [5, 5.41) is 10.8. The van der Waals surface area contributed by atoms with Gasteiger partial charge in [0.05, 0.1) is 16.7 Å². The van der Waals surface area contributed by atoms with Crippen molar-refractivity contribution >= 4 is 86.9 Å². The van der Waals surface area contributed by atoms with E-state index in [1.807, 2.05) is 35.6 Å². The summed E-state index contributed by atoms with van der Waals surface area (Å²) in [7, 11) is 0. The Morgan fingerprint density at radius 2 is 1.21 bits per heavy atom. The number of benzene rings is 8. The predicted octanol–water partition coefficient (Wildman–Crippen LogP) is 13.2. The molecule has 0 radical (unpaired) electrons. The van der Waals surface area contributed by atoms with Gasteiger partial charge in [-0.05, 0) is 53.1 Å². The highest BCUT2D eigenvalue weighted by Gasteiger charge is 2.24. The molecule has 0 spiro atoms. The van der Waals surface area contributed by atoms with Crippen LogP contribution in [0.4, 0.5) is 0 Å². The quantitative estimate of drug-likeness (QED) is 0.191. The van der Waals surface area contributed by atoms with Crippen molar-refractivity contribution < 1.29 is 4.42 Å². The Balaban J connectivity index is 1.00. The average Bonchev–Trinajstić information content (AvgIpc) is 3.96. The number of aliphatic imine (C=N–C) groups is 2. The third-order valence-corrected chi connectivity index (χ3v) is 12.5. The zero-order valence-electron chi connectivity index (χ0n) is 30.6. The Bertz CT molecular complexity index is 3390. The molecule has 1 atom stereocenters. The van der Waals surface area contributed by atoms with Crippen LogP contribution in [0.15, 0.2) is 196 Å². The second-order valence-corrected chi connectivity index (χ2v) is 15.6. The Hall–Kier alpha value is -7.28. The van der Waals surface area contributed by atoms with E-state index in [9.17, 15) is 0 Å². The summed E-state index contributed by atoms with van der Waals surface area (Å²) in [4.78, 5) is 10.2. The van der Waals surface area contributed by atoms with Gasteiger partial charge in [0.1, 0.15) is 17.6 Å². The van der Waals surface area contributed by atoms with Gasteiger partial charge in [0.25, 0.3) is 0 Å². The minimum atomic E-state index is -0.258. The zero-order valence-corrected chi connectivity index (χ0v) is 31.4. The van der Waals surface area contributed by atoms with E-state index in [0.717, 1.165) is 78.1 Å². The van der Waals surface area contributed by atoms with Crippen LogP contribution in [0, 0.1) is 0 Å². The van der Waals surface area contributed by atoms with Gasteiger partial charge in [-0.2, -0.15) is 0 Å². The molecule has 3 aromatic heterocycles. The largest absolute Gasteiger partial charge is 0.454 e. The number of hydrogen-bond acceptors (Lipinski definition) is 5. The molecule has 6 heteroatoms. The van der Waals surface area contributed by atoms with E-state index in [1.165, 1.54) is 30.9 Å². The molecule has 4 heterocycles. The maximum Gasteiger partial charge on any atom is 0.159 e. The zero-order chi connectivity index (χ0) is 37.5. The summed E-state index contributed by atoms with van der Waals surface area (Å²) in [5.41, 5.74) is 10.6. The first-order valence-electron chi connectivity index (χ1n) is 19.2. The molecule has 8 aromatic carbocycles. The van der Waals surface area contributed by atoms with Crippen LogP contribution in [0.25, 0.3) is 80.7 Å². The van der Waals surface area contributed by atoms with Crippen LogP contribution in [0.2, 0.25) is 0 Å². The third-order valence-electron chi connectivity index (χ3n) is 11.3. The van der Waals surface area contributed by atoms with Crippen molar-refractivity contribution in [2.75, 3.05) is 0 Å². The van der Waals surface area contributed by atoms with Crippen molar-refractivity contribution in [3.05, 3.63) is 199 Å². The minimum absolute atomic E-state index is 0.258. The first-order valence-corrected chi connectivity index (χ1v) is 20.0. The van der Waals surface area contributed by atoms with Crippen molar-refractivity contribution in [2.24, 2.45) is 9.98 Å². The van der Waals surface area contributed by atoms with Gasteiger partial charge in [-0.3, -0.25) is 0 Å². The number of para-hydroxylation sites is 3. The number of thiophene rings is 1. The molecule has 0 aliphatic carbocycles. The van der Waals surface area contributed by atoms with Gasteiger partial charge in [-0.1, -0.05) is 146 Å². The molecule has 0 bridgehead atoms. The molecule has 1 aliphatic heterocycles. The lowest BCUT2D eigenvalue weighted by Crippen LogP contribution is -2.33. The summed E-state index contributed by atoms with van der Waals surface area (Å²) in [5.74, 6) is 1.55. The topological polar surface area (TPSA) is 54.8 Å². The summed E-state index contributed by atoms with van der Waals surface area (Å²) in [6, 6.07) is 64.2.